The molecule has 1 fully saturated rings. The zero-order chi connectivity index (χ0) is 14.3. The SMILES string of the molecule is NCC1CCN(C(=O)c2sc3ccc(F)cc3c2N)C1. The van der Waals surface area contributed by atoms with Gasteiger partial charge in [0.1, 0.15) is 10.7 Å². The van der Waals surface area contributed by atoms with Crippen LogP contribution in [0.15, 0.2) is 18.2 Å². The van der Waals surface area contributed by atoms with Crippen molar-refractivity contribution < 1.29 is 9.18 Å². The molecule has 1 aromatic heterocycles. The van der Waals surface area contributed by atoms with Crippen LogP contribution in [0.4, 0.5) is 10.1 Å². The average molecular weight is 293 g/mol. The maximum Gasteiger partial charge on any atom is 0.266 e. The van der Waals surface area contributed by atoms with Crippen molar-refractivity contribution in [3.05, 3.63) is 28.9 Å². The number of fused-ring (bicyclic) bond motifs is 1. The van der Waals surface area contributed by atoms with E-state index < -0.39 is 0 Å². The molecule has 6 heteroatoms. The van der Waals surface area contributed by atoms with Crippen LogP contribution < -0.4 is 11.5 Å². The number of benzene rings is 1. The van der Waals surface area contributed by atoms with Crippen molar-refractivity contribution in [2.24, 2.45) is 11.7 Å². The summed E-state index contributed by atoms with van der Waals surface area (Å²) >= 11 is 1.32. The van der Waals surface area contributed by atoms with E-state index >= 15 is 0 Å². The van der Waals surface area contributed by atoms with E-state index in [4.69, 9.17) is 11.5 Å². The summed E-state index contributed by atoms with van der Waals surface area (Å²) in [5.41, 5.74) is 12.0. The van der Waals surface area contributed by atoms with Crippen LogP contribution in [0.2, 0.25) is 0 Å². The lowest BCUT2D eigenvalue weighted by atomic mass is 10.1. The molecule has 1 aliphatic heterocycles. The van der Waals surface area contributed by atoms with E-state index in [2.05, 4.69) is 0 Å². The molecule has 1 saturated heterocycles. The van der Waals surface area contributed by atoms with Crippen molar-refractivity contribution in [1.82, 2.24) is 4.90 Å². The number of thiophene rings is 1. The number of carbonyl (C=O) groups excluding carboxylic acids is 1. The smallest absolute Gasteiger partial charge is 0.266 e. The van der Waals surface area contributed by atoms with Crippen LogP contribution in [-0.4, -0.2) is 30.4 Å². The van der Waals surface area contributed by atoms with E-state index in [0.717, 1.165) is 11.1 Å². The molecule has 4 nitrogen and oxygen atoms in total. The van der Waals surface area contributed by atoms with Gasteiger partial charge in [-0.2, -0.15) is 0 Å². The molecule has 0 radical (unpaired) electrons. The van der Waals surface area contributed by atoms with Gasteiger partial charge in [0.25, 0.3) is 5.91 Å². The molecule has 3 rings (SSSR count). The Bertz CT molecular complexity index is 670. The monoisotopic (exact) mass is 293 g/mol. The number of nitrogens with two attached hydrogens (primary N) is 2. The van der Waals surface area contributed by atoms with Crippen LogP contribution in [0.25, 0.3) is 10.1 Å². The van der Waals surface area contributed by atoms with Gasteiger partial charge in [0.2, 0.25) is 0 Å². The summed E-state index contributed by atoms with van der Waals surface area (Å²) in [5, 5.41) is 0.618. The van der Waals surface area contributed by atoms with E-state index in [0.29, 0.717) is 41.5 Å². The predicted molar refractivity (Wildman–Crippen MR) is 79.3 cm³/mol. The number of likely N-dealkylation sites (tertiary alicyclic amines) is 1. The first-order chi connectivity index (χ1) is 9.60. The maximum absolute atomic E-state index is 13.3. The first kappa shape index (κ1) is 13.3. The highest BCUT2D eigenvalue weighted by molar-refractivity contribution is 7.21. The number of nitrogen functional groups attached to an aromatic ring is 1. The van der Waals surface area contributed by atoms with Gasteiger partial charge in [-0.25, -0.2) is 4.39 Å². The summed E-state index contributed by atoms with van der Waals surface area (Å²) in [5.74, 6) is -0.0441. The van der Waals surface area contributed by atoms with Crippen LogP contribution in [-0.2, 0) is 0 Å². The van der Waals surface area contributed by atoms with E-state index in [1.807, 2.05) is 0 Å². The van der Waals surface area contributed by atoms with Crippen molar-refractivity contribution >= 4 is 33.0 Å². The molecule has 0 bridgehead atoms. The van der Waals surface area contributed by atoms with Gasteiger partial charge in [0, 0.05) is 23.2 Å². The van der Waals surface area contributed by atoms with E-state index in [1.54, 1.807) is 11.0 Å². The van der Waals surface area contributed by atoms with Gasteiger partial charge in [-0.1, -0.05) is 0 Å². The second kappa shape index (κ2) is 5.03. The van der Waals surface area contributed by atoms with Gasteiger partial charge in [0.15, 0.2) is 0 Å². The third-order valence-corrected chi connectivity index (χ3v) is 4.96. The molecule has 20 heavy (non-hydrogen) atoms. The third-order valence-electron chi connectivity index (χ3n) is 3.79. The lowest BCUT2D eigenvalue weighted by Gasteiger charge is -2.15. The van der Waals surface area contributed by atoms with Crippen molar-refractivity contribution in [3.8, 4) is 0 Å². The normalized spacial score (nSPS) is 18.9. The summed E-state index contributed by atoms with van der Waals surface area (Å²) < 4.78 is 14.1. The number of rotatable bonds is 2. The van der Waals surface area contributed by atoms with E-state index in [9.17, 15) is 9.18 Å². The highest BCUT2D eigenvalue weighted by Crippen LogP contribution is 2.35. The lowest BCUT2D eigenvalue weighted by Crippen LogP contribution is -2.29. The third kappa shape index (κ3) is 2.14. The molecule has 1 atom stereocenters. The van der Waals surface area contributed by atoms with Gasteiger partial charge >= 0.3 is 0 Å². The minimum Gasteiger partial charge on any atom is -0.397 e. The molecular formula is C14H16FN3OS. The Morgan fingerprint density at radius 3 is 3.00 bits per heavy atom. The Hall–Kier alpha value is -1.66. The zero-order valence-electron chi connectivity index (χ0n) is 10.9. The van der Waals surface area contributed by atoms with Crippen molar-refractivity contribution in [2.45, 2.75) is 6.42 Å². The Morgan fingerprint density at radius 1 is 1.50 bits per heavy atom. The second-order valence-corrected chi connectivity index (χ2v) is 6.18. The Balaban J connectivity index is 1.94. The Labute approximate surface area is 120 Å². The summed E-state index contributed by atoms with van der Waals surface area (Å²) in [4.78, 5) is 14.8. The summed E-state index contributed by atoms with van der Waals surface area (Å²) in [6.45, 7) is 1.98. The fourth-order valence-electron chi connectivity index (χ4n) is 2.60. The molecule has 0 aliphatic carbocycles. The molecule has 1 unspecified atom stereocenters. The maximum atomic E-state index is 13.3. The number of hydrogen-bond acceptors (Lipinski definition) is 4. The molecule has 2 aromatic rings. The van der Waals surface area contributed by atoms with Gasteiger partial charge in [-0.05, 0) is 37.1 Å². The van der Waals surface area contributed by atoms with Gasteiger partial charge in [0.05, 0.1) is 5.69 Å². The van der Waals surface area contributed by atoms with E-state index in [-0.39, 0.29) is 11.7 Å². The topological polar surface area (TPSA) is 72.3 Å². The molecular weight excluding hydrogens is 277 g/mol. The van der Waals surface area contributed by atoms with Crippen molar-refractivity contribution in [3.63, 3.8) is 0 Å². The largest absolute Gasteiger partial charge is 0.397 e. The second-order valence-electron chi connectivity index (χ2n) is 5.13. The van der Waals surface area contributed by atoms with Crippen LogP contribution in [0.3, 0.4) is 0 Å². The first-order valence-corrected chi connectivity index (χ1v) is 7.38. The first-order valence-electron chi connectivity index (χ1n) is 6.57. The summed E-state index contributed by atoms with van der Waals surface area (Å²) in [7, 11) is 0. The van der Waals surface area contributed by atoms with Crippen molar-refractivity contribution in [1.29, 1.82) is 0 Å². The van der Waals surface area contributed by atoms with Gasteiger partial charge < -0.3 is 16.4 Å². The average Bonchev–Trinajstić information content (AvgIpc) is 3.04. The van der Waals surface area contributed by atoms with Crippen LogP contribution in [0, 0.1) is 11.7 Å². The number of carbonyl (C=O) groups is 1. The fraction of sp³-hybridized carbons (Fsp3) is 0.357. The van der Waals surface area contributed by atoms with Crippen molar-refractivity contribution in [2.75, 3.05) is 25.4 Å². The zero-order valence-corrected chi connectivity index (χ0v) is 11.8. The molecule has 2 heterocycles. The molecule has 1 aliphatic rings. The minimum absolute atomic E-state index is 0.0694. The highest BCUT2D eigenvalue weighted by Gasteiger charge is 2.28. The molecule has 0 spiro atoms. The quantitative estimate of drug-likeness (QED) is 0.890. The molecule has 106 valence electrons. The fourth-order valence-corrected chi connectivity index (χ4v) is 3.67. The number of amides is 1. The molecule has 4 N–H and O–H groups in total. The predicted octanol–water partition coefficient (Wildman–Crippen LogP) is 2.04. The highest BCUT2D eigenvalue weighted by atomic mass is 32.1. The molecule has 0 saturated carbocycles. The van der Waals surface area contributed by atoms with Gasteiger partial charge in [-0.15, -0.1) is 11.3 Å². The number of hydrogen-bond donors (Lipinski definition) is 2. The Morgan fingerprint density at radius 2 is 2.30 bits per heavy atom. The van der Waals surface area contributed by atoms with Crippen LogP contribution >= 0.6 is 11.3 Å². The number of anilines is 1. The molecule has 1 aromatic carbocycles. The lowest BCUT2D eigenvalue weighted by molar-refractivity contribution is 0.0793. The van der Waals surface area contributed by atoms with Gasteiger partial charge in [-0.3, -0.25) is 4.79 Å². The van der Waals surface area contributed by atoms with Crippen LogP contribution in [0.5, 0.6) is 0 Å². The standard InChI is InChI=1S/C14H16FN3OS/c15-9-1-2-11-10(5-9)12(17)13(20-11)14(19)18-4-3-8(6-16)7-18/h1-2,5,8H,3-4,6-7,16-17H2. The molecule has 1 amide bonds. The minimum atomic E-state index is -0.342. The Kier molecular flexibility index (Phi) is 3.35. The summed E-state index contributed by atoms with van der Waals surface area (Å²) in [6, 6.07) is 4.42. The number of halogens is 1. The van der Waals surface area contributed by atoms with Crippen LogP contribution in [0.1, 0.15) is 16.1 Å². The van der Waals surface area contributed by atoms with E-state index in [1.165, 1.54) is 23.5 Å². The summed E-state index contributed by atoms with van der Waals surface area (Å²) in [6.07, 6.45) is 0.932. The number of nitrogens with zero attached hydrogens (tertiary/aromatic N) is 1.